The number of halogens is 1. The number of hydrogen-bond acceptors (Lipinski definition) is 8. The summed E-state index contributed by atoms with van der Waals surface area (Å²) in [6.07, 6.45) is -0.295. The second-order valence-corrected chi connectivity index (χ2v) is 10.6. The second kappa shape index (κ2) is 9.79. The van der Waals surface area contributed by atoms with Crippen molar-refractivity contribution >= 4 is 57.4 Å². The number of nitrogens with one attached hydrogen (secondary N) is 2. The number of sulfonamides is 1. The fourth-order valence-corrected chi connectivity index (χ4v) is 5.14. The summed E-state index contributed by atoms with van der Waals surface area (Å²) in [7, 11) is -3.45. The molecule has 1 fully saturated rings. The molecule has 0 bridgehead atoms. The summed E-state index contributed by atoms with van der Waals surface area (Å²) in [5, 5.41) is 4.93. The zero-order valence-corrected chi connectivity index (χ0v) is 20.7. The lowest BCUT2D eigenvalue weighted by Crippen LogP contribution is -2.57. The van der Waals surface area contributed by atoms with Crippen molar-refractivity contribution in [1.82, 2.24) is 19.8 Å². The Bertz CT molecular complexity index is 823. The first kappa shape index (κ1) is 24.2. The zero-order chi connectivity index (χ0) is 20.4. The van der Waals surface area contributed by atoms with Crippen molar-refractivity contribution in [3.8, 4) is 0 Å². The predicted molar refractivity (Wildman–Crippen MR) is 124 cm³/mol. The second-order valence-electron chi connectivity index (χ2n) is 7.69. The number of nitrogens with zero attached hydrogens (tertiary/aromatic N) is 3. The first-order valence-electron chi connectivity index (χ1n) is 9.22. The zero-order valence-electron chi connectivity index (χ0n) is 16.8. The Labute approximate surface area is 192 Å². The maximum absolute atomic E-state index is 12.3. The fourth-order valence-electron chi connectivity index (χ4n) is 3.07. The van der Waals surface area contributed by atoms with E-state index in [0.29, 0.717) is 36.9 Å². The molecule has 3 heterocycles. The summed E-state index contributed by atoms with van der Waals surface area (Å²) < 4.78 is 32.5. The number of thiophene rings is 1. The van der Waals surface area contributed by atoms with Crippen molar-refractivity contribution in [2.75, 3.05) is 39.3 Å². The van der Waals surface area contributed by atoms with Gasteiger partial charge in [-0.05, 0) is 32.2 Å². The average Bonchev–Trinajstić information content (AvgIpc) is 3.27. The molecule has 1 aromatic heterocycles. The van der Waals surface area contributed by atoms with Crippen molar-refractivity contribution in [2.24, 2.45) is 4.99 Å². The van der Waals surface area contributed by atoms with Gasteiger partial charge in [-0.25, -0.2) is 17.9 Å². The van der Waals surface area contributed by atoms with Gasteiger partial charge < -0.3 is 19.9 Å². The van der Waals surface area contributed by atoms with Gasteiger partial charge in [0.15, 0.2) is 5.96 Å². The highest BCUT2D eigenvalue weighted by molar-refractivity contribution is 14.0. The van der Waals surface area contributed by atoms with Crippen LogP contribution in [0.4, 0.5) is 4.79 Å². The molecule has 1 saturated heterocycles. The van der Waals surface area contributed by atoms with Gasteiger partial charge in [0.1, 0.15) is 9.81 Å². The normalized spacial score (nSPS) is 19.3. The van der Waals surface area contributed by atoms with Crippen molar-refractivity contribution < 1.29 is 17.9 Å². The molecule has 0 aliphatic carbocycles. The van der Waals surface area contributed by atoms with Crippen LogP contribution in [0.15, 0.2) is 26.7 Å². The van der Waals surface area contributed by atoms with E-state index < -0.39 is 15.6 Å². The molecule has 29 heavy (non-hydrogen) atoms. The summed E-state index contributed by atoms with van der Waals surface area (Å²) in [5.41, 5.74) is -0.510. The summed E-state index contributed by atoms with van der Waals surface area (Å²) in [4.78, 5) is 20.6. The topological polar surface area (TPSA) is 103 Å². The van der Waals surface area contributed by atoms with E-state index in [1.807, 2.05) is 20.8 Å². The lowest BCUT2D eigenvalue weighted by atomic mass is 10.2. The molecule has 1 unspecified atom stereocenters. The van der Waals surface area contributed by atoms with Crippen LogP contribution < -0.4 is 10.0 Å². The van der Waals surface area contributed by atoms with Crippen LogP contribution in [-0.2, 0) is 14.8 Å². The third-order valence-electron chi connectivity index (χ3n) is 4.32. The summed E-state index contributed by atoms with van der Waals surface area (Å²) in [5.74, 6) is 0.754. The van der Waals surface area contributed by atoms with Crippen LogP contribution in [0.1, 0.15) is 20.8 Å². The number of fused-ring (bicyclic) bond motifs is 1. The van der Waals surface area contributed by atoms with Gasteiger partial charge in [0.25, 0.3) is 0 Å². The minimum absolute atomic E-state index is 0. The van der Waals surface area contributed by atoms with E-state index in [4.69, 9.17) is 4.74 Å². The minimum Gasteiger partial charge on any atom is -0.444 e. The van der Waals surface area contributed by atoms with Crippen molar-refractivity contribution in [1.29, 1.82) is 0 Å². The fraction of sp³-hybridized carbons (Fsp3) is 0.647. The first-order chi connectivity index (χ1) is 13.2. The molecular weight excluding hydrogens is 529 g/mol. The molecule has 164 valence electrons. The minimum atomic E-state index is -3.45. The smallest absolute Gasteiger partial charge is 0.410 e. The molecule has 1 amide bonds. The van der Waals surface area contributed by atoms with Crippen molar-refractivity contribution in [3.05, 3.63) is 17.5 Å². The highest BCUT2D eigenvalue weighted by Gasteiger charge is 2.36. The van der Waals surface area contributed by atoms with E-state index >= 15 is 0 Å². The number of hydrogen-bond donors (Lipinski definition) is 2. The molecule has 0 saturated carbocycles. The molecule has 0 radical (unpaired) electrons. The van der Waals surface area contributed by atoms with E-state index in [0.717, 1.165) is 5.96 Å². The molecular formula is C17H28IN5O4S2. The standard InChI is InChI=1S/C17H27N5O4S2.HI/c1-17(2,3)26-16(23)21-8-9-22-13(12-21)11-19-15(22)18-6-7-20-28(24,25)14-5-4-10-27-14;/h4-5,10,13,20H,6-9,11-12H2,1-3H3,(H,18,19);1H. The number of carbonyl (C=O) groups is 1. The van der Waals surface area contributed by atoms with Crippen LogP contribution in [-0.4, -0.2) is 81.2 Å². The quantitative estimate of drug-likeness (QED) is 0.421. The van der Waals surface area contributed by atoms with Gasteiger partial charge in [0.2, 0.25) is 10.0 Å². The maximum Gasteiger partial charge on any atom is 0.410 e. The van der Waals surface area contributed by atoms with Gasteiger partial charge in [0.05, 0.1) is 12.6 Å². The van der Waals surface area contributed by atoms with Gasteiger partial charge in [-0.2, -0.15) is 0 Å². The lowest BCUT2D eigenvalue weighted by molar-refractivity contribution is 0.0137. The third kappa shape index (κ3) is 6.43. The number of ether oxygens (including phenoxy) is 1. The molecule has 12 heteroatoms. The SMILES string of the molecule is CC(C)(C)OC(=O)N1CCN2C(NCCNS(=O)(=O)c3cccs3)=NCC2C1.I. The van der Waals surface area contributed by atoms with Gasteiger partial charge in [-0.3, -0.25) is 4.99 Å². The van der Waals surface area contributed by atoms with Crippen LogP contribution in [0.25, 0.3) is 0 Å². The molecule has 9 nitrogen and oxygen atoms in total. The van der Waals surface area contributed by atoms with E-state index in [-0.39, 0.29) is 42.7 Å². The Balaban J connectivity index is 0.00000300. The number of aliphatic imine (C=N–C) groups is 1. The Morgan fingerprint density at radius 3 is 2.76 bits per heavy atom. The number of piperazine rings is 1. The summed E-state index contributed by atoms with van der Waals surface area (Å²) >= 11 is 1.19. The predicted octanol–water partition coefficient (Wildman–Crippen LogP) is 1.52. The molecule has 2 aliphatic rings. The van der Waals surface area contributed by atoms with Gasteiger partial charge in [-0.15, -0.1) is 35.3 Å². The maximum atomic E-state index is 12.3. The largest absolute Gasteiger partial charge is 0.444 e. The van der Waals surface area contributed by atoms with E-state index in [1.165, 1.54) is 11.3 Å². The van der Waals surface area contributed by atoms with E-state index in [1.54, 1.807) is 22.4 Å². The molecule has 2 aliphatic heterocycles. The molecule has 0 spiro atoms. The third-order valence-corrected chi connectivity index (χ3v) is 7.18. The Morgan fingerprint density at radius 2 is 2.10 bits per heavy atom. The van der Waals surface area contributed by atoms with Crippen LogP contribution >= 0.6 is 35.3 Å². The molecule has 1 aromatic rings. The lowest BCUT2D eigenvalue weighted by Gasteiger charge is -2.39. The van der Waals surface area contributed by atoms with E-state index in [2.05, 4.69) is 19.9 Å². The molecule has 2 N–H and O–H groups in total. The van der Waals surface area contributed by atoms with Crippen molar-refractivity contribution in [3.63, 3.8) is 0 Å². The van der Waals surface area contributed by atoms with Gasteiger partial charge >= 0.3 is 6.09 Å². The Hall–Kier alpha value is -1.12. The first-order valence-corrected chi connectivity index (χ1v) is 11.6. The van der Waals surface area contributed by atoms with Crippen LogP contribution in [0, 0.1) is 0 Å². The number of guanidine groups is 1. The highest BCUT2D eigenvalue weighted by atomic mass is 127. The van der Waals surface area contributed by atoms with Crippen LogP contribution in [0.3, 0.4) is 0 Å². The van der Waals surface area contributed by atoms with Crippen LogP contribution in [0.2, 0.25) is 0 Å². The van der Waals surface area contributed by atoms with Crippen molar-refractivity contribution in [2.45, 2.75) is 36.6 Å². The van der Waals surface area contributed by atoms with Gasteiger partial charge in [-0.1, -0.05) is 6.07 Å². The summed E-state index contributed by atoms with van der Waals surface area (Å²) in [6.45, 7) is 8.66. The van der Waals surface area contributed by atoms with E-state index in [9.17, 15) is 13.2 Å². The Morgan fingerprint density at radius 1 is 1.34 bits per heavy atom. The van der Waals surface area contributed by atoms with Crippen LogP contribution in [0.5, 0.6) is 0 Å². The Kier molecular flexibility index (Phi) is 8.15. The molecule has 0 aromatic carbocycles. The monoisotopic (exact) mass is 557 g/mol. The molecule has 3 rings (SSSR count). The van der Waals surface area contributed by atoms with Gasteiger partial charge in [0, 0.05) is 32.7 Å². The number of rotatable bonds is 5. The highest BCUT2D eigenvalue weighted by Crippen LogP contribution is 2.18. The number of carbonyl (C=O) groups excluding carboxylic acids is 1. The molecule has 1 atom stereocenters. The average molecular weight is 557 g/mol. The summed E-state index contributed by atoms with van der Waals surface area (Å²) in [6, 6.07) is 3.41. The number of amides is 1.